The quantitative estimate of drug-likeness (QED) is 0.656. The predicted molar refractivity (Wildman–Crippen MR) is 81.7 cm³/mol. The largest absolute Gasteiger partial charge is 0.496 e. The standard InChI is InChI=1S/C15H12Cl3FO/c1-20-15-6-5-9(16)7-11(15)13(18)8-10-12(17)3-2-4-14(10)19/h2-7,13H,8H2,1H3. The molecule has 0 fully saturated rings. The minimum absolute atomic E-state index is 0.254. The molecule has 0 aliphatic heterocycles. The maximum atomic E-state index is 13.8. The van der Waals surface area contributed by atoms with Crippen molar-refractivity contribution in [1.29, 1.82) is 0 Å². The molecule has 2 rings (SSSR count). The molecule has 0 aliphatic carbocycles. The van der Waals surface area contributed by atoms with E-state index in [1.165, 1.54) is 6.07 Å². The first-order valence-electron chi connectivity index (χ1n) is 5.93. The number of methoxy groups -OCH3 is 1. The summed E-state index contributed by atoms with van der Waals surface area (Å²) in [4.78, 5) is 0. The van der Waals surface area contributed by atoms with Crippen LogP contribution in [0.3, 0.4) is 0 Å². The molecule has 2 aromatic carbocycles. The Hall–Kier alpha value is -0.960. The van der Waals surface area contributed by atoms with Gasteiger partial charge in [0, 0.05) is 21.2 Å². The van der Waals surface area contributed by atoms with Crippen LogP contribution < -0.4 is 4.74 Å². The fourth-order valence-corrected chi connectivity index (χ4v) is 2.71. The molecule has 106 valence electrons. The van der Waals surface area contributed by atoms with Gasteiger partial charge in [0.25, 0.3) is 0 Å². The van der Waals surface area contributed by atoms with E-state index in [2.05, 4.69) is 0 Å². The van der Waals surface area contributed by atoms with Crippen molar-refractivity contribution in [2.75, 3.05) is 7.11 Å². The average Bonchev–Trinajstić information content (AvgIpc) is 2.43. The van der Waals surface area contributed by atoms with Gasteiger partial charge in [0.2, 0.25) is 0 Å². The Labute approximate surface area is 132 Å². The summed E-state index contributed by atoms with van der Waals surface area (Å²) >= 11 is 18.4. The lowest BCUT2D eigenvalue weighted by molar-refractivity contribution is 0.409. The molecule has 0 N–H and O–H groups in total. The molecule has 0 saturated heterocycles. The molecule has 0 aromatic heterocycles. The van der Waals surface area contributed by atoms with Crippen LogP contribution >= 0.6 is 34.8 Å². The highest BCUT2D eigenvalue weighted by Crippen LogP contribution is 2.36. The van der Waals surface area contributed by atoms with Crippen molar-refractivity contribution in [3.63, 3.8) is 0 Å². The van der Waals surface area contributed by atoms with Crippen molar-refractivity contribution < 1.29 is 9.13 Å². The van der Waals surface area contributed by atoms with Crippen LogP contribution in [-0.2, 0) is 6.42 Å². The van der Waals surface area contributed by atoms with Crippen LogP contribution in [0.25, 0.3) is 0 Å². The zero-order chi connectivity index (χ0) is 14.7. The summed E-state index contributed by atoms with van der Waals surface area (Å²) < 4.78 is 19.0. The van der Waals surface area contributed by atoms with Gasteiger partial charge < -0.3 is 4.74 Å². The molecular formula is C15H12Cl3FO. The fourth-order valence-electron chi connectivity index (χ4n) is 1.97. The molecule has 0 aliphatic rings. The van der Waals surface area contributed by atoms with Crippen LogP contribution in [0.4, 0.5) is 4.39 Å². The first kappa shape index (κ1) is 15.4. The first-order chi connectivity index (χ1) is 9.52. The van der Waals surface area contributed by atoms with Gasteiger partial charge in [0.15, 0.2) is 0 Å². The molecule has 0 amide bonds. The van der Waals surface area contributed by atoms with Crippen molar-refractivity contribution in [3.05, 3.63) is 63.4 Å². The lowest BCUT2D eigenvalue weighted by Crippen LogP contribution is -2.02. The lowest BCUT2D eigenvalue weighted by atomic mass is 10.0. The zero-order valence-electron chi connectivity index (χ0n) is 10.7. The van der Waals surface area contributed by atoms with Crippen molar-refractivity contribution in [1.82, 2.24) is 0 Å². The highest BCUT2D eigenvalue weighted by Gasteiger charge is 2.18. The van der Waals surface area contributed by atoms with Crippen LogP contribution in [0.5, 0.6) is 5.75 Å². The summed E-state index contributed by atoms with van der Waals surface area (Å²) in [5.41, 5.74) is 1.09. The third kappa shape index (κ3) is 3.38. The van der Waals surface area contributed by atoms with E-state index in [1.807, 2.05) is 0 Å². The monoisotopic (exact) mass is 332 g/mol. The van der Waals surface area contributed by atoms with Crippen LogP contribution in [0.15, 0.2) is 36.4 Å². The number of hydrogen-bond donors (Lipinski definition) is 0. The second kappa shape index (κ2) is 6.66. The smallest absolute Gasteiger partial charge is 0.127 e. The summed E-state index contributed by atoms with van der Waals surface area (Å²) in [7, 11) is 1.55. The minimum atomic E-state index is -0.488. The molecule has 20 heavy (non-hydrogen) atoms. The van der Waals surface area contributed by atoms with Gasteiger partial charge in [-0.05, 0) is 36.8 Å². The number of alkyl halides is 1. The van der Waals surface area contributed by atoms with Crippen LogP contribution in [-0.4, -0.2) is 7.11 Å². The van der Waals surface area contributed by atoms with E-state index in [9.17, 15) is 4.39 Å². The van der Waals surface area contributed by atoms with Gasteiger partial charge in [0.1, 0.15) is 11.6 Å². The van der Waals surface area contributed by atoms with Gasteiger partial charge in [-0.3, -0.25) is 0 Å². The maximum Gasteiger partial charge on any atom is 0.127 e. The van der Waals surface area contributed by atoms with Crippen LogP contribution in [0, 0.1) is 5.82 Å². The molecule has 2 aromatic rings. The van der Waals surface area contributed by atoms with E-state index in [0.717, 1.165) is 0 Å². The Morgan fingerprint density at radius 2 is 1.95 bits per heavy atom. The molecule has 0 heterocycles. The van der Waals surface area contributed by atoms with E-state index < -0.39 is 5.38 Å². The highest BCUT2D eigenvalue weighted by molar-refractivity contribution is 6.31. The lowest BCUT2D eigenvalue weighted by Gasteiger charge is -2.15. The SMILES string of the molecule is COc1ccc(Cl)cc1C(Cl)Cc1c(F)cccc1Cl. The van der Waals surface area contributed by atoms with E-state index in [0.29, 0.717) is 26.9 Å². The summed E-state index contributed by atoms with van der Waals surface area (Å²) in [6.45, 7) is 0. The number of rotatable bonds is 4. The Bertz CT molecular complexity index is 596. The Kier molecular flexibility index (Phi) is 5.14. The van der Waals surface area contributed by atoms with E-state index >= 15 is 0 Å². The maximum absolute atomic E-state index is 13.8. The molecule has 0 spiro atoms. The van der Waals surface area contributed by atoms with Crippen molar-refractivity contribution in [3.8, 4) is 5.75 Å². The predicted octanol–water partition coefficient (Wildman–Crippen LogP) is 5.66. The normalized spacial score (nSPS) is 12.2. The Balaban J connectivity index is 2.33. The molecular weight excluding hydrogens is 322 g/mol. The van der Waals surface area contributed by atoms with Gasteiger partial charge in [-0.15, -0.1) is 11.6 Å². The fraction of sp³-hybridized carbons (Fsp3) is 0.200. The second-order valence-corrected chi connectivity index (χ2v) is 5.63. The van der Waals surface area contributed by atoms with Crippen molar-refractivity contribution in [2.24, 2.45) is 0 Å². The molecule has 1 nitrogen and oxygen atoms in total. The Morgan fingerprint density at radius 3 is 2.60 bits per heavy atom. The van der Waals surface area contributed by atoms with Gasteiger partial charge in [-0.25, -0.2) is 4.39 Å². The number of halogens is 4. The van der Waals surface area contributed by atoms with Gasteiger partial charge in [-0.1, -0.05) is 29.3 Å². The summed E-state index contributed by atoms with van der Waals surface area (Å²) in [5.74, 6) is 0.242. The molecule has 0 radical (unpaired) electrons. The number of hydrogen-bond acceptors (Lipinski definition) is 1. The van der Waals surface area contributed by atoms with E-state index in [-0.39, 0.29) is 12.2 Å². The minimum Gasteiger partial charge on any atom is -0.496 e. The molecule has 1 unspecified atom stereocenters. The molecule has 0 bridgehead atoms. The molecule has 1 atom stereocenters. The summed E-state index contributed by atoms with van der Waals surface area (Å²) in [6.07, 6.45) is 0.254. The second-order valence-electron chi connectivity index (χ2n) is 4.26. The summed E-state index contributed by atoms with van der Waals surface area (Å²) in [6, 6.07) is 9.72. The van der Waals surface area contributed by atoms with E-state index in [1.54, 1.807) is 37.4 Å². The topological polar surface area (TPSA) is 9.23 Å². The molecule has 0 saturated carbocycles. The summed E-state index contributed by atoms with van der Waals surface area (Å²) in [5, 5.41) is 0.417. The highest BCUT2D eigenvalue weighted by atomic mass is 35.5. The van der Waals surface area contributed by atoms with Crippen molar-refractivity contribution in [2.45, 2.75) is 11.8 Å². The van der Waals surface area contributed by atoms with Gasteiger partial charge >= 0.3 is 0 Å². The van der Waals surface area contributed by atoms with Crippen LogP contribution in [0.2, 0.25) is 10.0 Å². The first-order valence-corrected chi connectivity index (χ1v) is 7.12. The van der Waals surface area contributed by atoms with Crippen molar-refractivity contribution >= 4 is 34.8 Å². The third-order valence-corrected chi connectivity index (χ3v) is 3.95. The van der Waals surface area contributed by atoms with Gasteiger partial charge in [-0.2, -0.15) is 0 Å². The average molecular weight is 334 g/mol. The third-order valence-electron chi connectivity index (χ3n) is 2.97. The van der Waals surface area contributed by atoms with E-state index in [4.69, 9.17) is 39.5 Å². The van der Waals surface area contributed by atoms with Crippen LogP contribution in [0.1, 0.15) is 16.5 Å². The number of benzene rings is 2. The Morgan fingerprint density at radius 1 is 1.20 bits per heavy atom. The van der Waals surface area contributed by atoms with Gasteiger partial charge in [0.05, 0.1) is 12.5 Å². The molecule has 5 heteroatoms. The zero-order valence-corrected chi connectivity index (χ0v) is 12.9. The number of ether oxygens (including phenoxy) is 1.